The number of esters is 1. The smallest absolute Gasteiger partial charge is 0.343 e. The standard InChI is InChI=1S/C20H21NO2/c1-3-5-9-16-13-12-15(4-2)19(18(16)14-21)23-20(22)17-10-7-6-8-11-17/h6-8,10-13H,3-5,9H2,1-2H3. The molecule has 2 aromatic rings. The fraction of sp³-hybridized carbons (Fsp3) is 0.300. The average Bonchev–Trinajstić information content (AvgIpc) is 2.60. The molecule has 0 saturated carbocycles. The molecule has 2 aromatic carbocycles. The minimum Gasteiger partial charge on any atom is -0.421 e. The summed E-state index contributed by atoms with van der Waals surface area (Å²) in [5.74, 6) is -0.0121. The third kappa shape index (κ3) is 3.98. The summed E-state index contributed by atoms with van der Waals surface area (Å²) in [6.07, 6.45) is 3.59. The van der Waals surface area contributed by atoms with Crippen LogP contribution >= 0.6 is 0 Å². The lowest BCUT2D eigenvalue weighted by Crippen LogP contribution is -2.11. The number of nitriles is 1. The molecule has 0 bridgehead atoms. The molecule has 0 spiro atoms. The second-order valence-electron chi connectivity index (χ2n) is 5.41. The maximum atomic E-state index is 12.3. The first-order valence-corrected chi connectivity index (χ1v) is 8.03. The van der Waals surface area contributed by atoms with Crippen LogP contribution in [0, 0.1) is 11.3 Å². The Morgan fingerprint density at radius 3 is 2.39 bits per heavy atom. The van der Waals surface area contributed by atoms with Gasteiger partial charge in [-0.25, -0.2) is 4.79 Å². The van der Waals surface area contributed by atoms with Gasteiger partial charge in [-0.15, -0.1) is 0 Å². The zero-order valence-electron chi connectivity index (χ0n) is 13.6. The maximum Gasteiger partial charge on any atom is 0.343 e. The van der Waals surface area contributed by atoms with E-state index in [4.69, 9.17) is 4.74 Å². The summed E-state index contributed by atoms with van der Waals surface area (Å²) in [5.41, 5.74) is 2.80. The molecule has 0 heterocycles. The quantitative estimate of drug-likeness (QED) is 0.575. The third-order valence-corrected chi connectivity index (χ3v) is 3.82. The largest absolute Gasteiger partial charge is 0.421 e. The molecule has 3 nitrogen and oxygen atoms in total. The molecule has 0 aliphatic rings. The van der Waals surface area contributed by atoms with E-state index in [9.17, 15) is 10.1 Å². The van der Waals surface area contributed by atoms with Crippen molar-refractivity contribution in [2.75, 3.05) is 0 Å². The topological polar surface area (TPSA) is 50.1 Å². The number of nitrogens with zero attached hydrogens (tertiary/aromatic N) is 1. The summed E-state index contributed by atoms with van der Waals surface area (Å²) in [5, 5.41) is 9.56. The third-order valence-electron chi connectivity index (χ3n) is 3.82. The highest BCUT2D eigenvalue weighted by Crippen LogP contribution is 2.29. The van der Waals surface area contributed by atoms with E-state index in [1.807, 2.05) is 25.1 Å². The van der Waals surface area contributed by atoms with E-state index in [1.54, 1.807) is 24.3 Å². The first-order chi connectivity index (χ1) is 11.2. The minimum absolute atomic E-state index is 0.414. The van der Waals surface area contributed by atoms with Gasteiger partial charge in [-0.1, -0.05) is 50.6 Å². The van der Waals surface area contributed by atoms with Crippen LogP contribution in [0.25, 0.3) is 0 Å². The number of benzene rings is 2. The van der Waals surface area contributed by atoms with Gasteiger partial charge in [0.25, 0.3) is 0 Å². The van der Waals surface area contributed by atoms with Crippen LogP contribution in [0.3, 0.4) is 0 Å². The van der Waals surface area contributed by atoms with Crippen molar-refractivity contribution in [2.24, 2.45) is 0 Å². The molecule has 23 heavy (non-hydrogen) atoms. The number of aryl methyl sites for hydroxylation is 2. The summed E-state index contributed by atoms with van der Waals surface area (Å²) in [6, 6.07) is 15.0. The highest BCUT2D eigenvalue weighted by molar-refractivity contribution is 5.91. The van der Waals surface area contributed by atoms with Crippen LogP contribution < -0.4 is 4.74 Å². The zero-order valence-corrected chi connectivity index (χ0v) is 13.6. The van der Waals surface area contributed by atoms with Crippen molar-refractivity contribution >= 4 is 5.97 Å². The molecule has 0 N–H and O–H groups in total. The van der Waals surface area contributed by atoms with Crippen molar-refractivity contribution in [3.63, 3.8) is 0 Å². The Bertz CT molecular complexity index is 714. The van der Waals surface area contributed by atoms with Gasteiger partial charge in [0.05, 0.1) is 11.1 Å². The number of hydrogen-bond acceptors (Lipinski definition) is 3. The molecule has 0 fully saturated rings. The van der Waals surface area contributed by atoms with Crippen LogP contribution in [0.4, 0.5) is 0 Å². The molecular formula is C20H21NO2. The number of rotatable bonds is 6. The Morgan fingerprint density at radius 1 is 1.09 bits per heavy atom. The number of carbonyl (C=O) groups excluding carboxylic acids is 1. The number of unbranched alkanes of at least 4 members (excludes halogenated alkanes) is 1. The second kappa shape index (κ2) is 8.14. The molecule has 0 radical (unpaired) electrons. The fourth-order valence-corrected chi connectivity index (χ4v) is 2.49. The summed E-state index contributed by atoms with van der Waals surface area (Å²) in [4.78, 5) is 12.3. The van der Waals surface area contributed by atoms with Crippen LogP contribution in [0.15, 0.2) is 42.5 Å². The van der Waals surface area contributed by atoms with E-state index in [-0.39, 0.29) is 0 Å². The van der Waals surface area contributed by atoms with Gasteiger partial charge < -0.3 is 4.74 Å². The summed E-state index contributed by atoms with van der Waals surface area (Å²) < 4.78 is 5.60. The summed E-state index contributed by atoms with van der Waals surface area (Å²) in [7, 11) is 0. The molecule has 0 saturated heterocycles. The van der Waals surface area contributed by atoms with Gasteiger partial charge in [0.1, 0.15) is 6.07 Å². The monoisotopic (exact) mass is 307 g/mol. The Morgan fingerprint density at radius 2 is 1.78 bits per heavy atom. The van der Waals surface area contributed by atoms with E-state index < -0.39 is 5.97 Å². The Labute approximate surface area is 137 Å². The predicted molar refractivity (Wildman–Crippen MR) is 90.5 cm³/mol. The lowest BCUT2D eigenvalue weighted by atomic mass is 9.97. The van der Waals surface area contributed by atoms with Gasteiger partial charge in [0.2, 0.25) is 0 Å². The molecule has 0 unspecified atom stereocenters. The van der Waals surface area contributed by atoms with Crippen molar-refractivity contribution in [2.45, 2.75) is 39.5 Å². The molecule has 3 heteroatoms. The van der Waals surface area contributed by atoms with Gasteiger partial charge in [-0.05, 0) is 42.5 Å². The van der Waals surface area contributed by atoms with Gasteiger partial charge >= 0.3 is 5.97 Å². The van der Waals surface area contributed by atoms with Crippen molar-refractivity contribution in [3.05, 3.63) is 64.7 Å². The molecule has 0 atom stereocenters. The van der Waals surface area contributed by atoms with Crippen LogP contribution in [-0.4, -0.2) is 5.97 Å². The average molecular weight is 307 g/mol. The molecule has 0 aliphatic carbocycles. The van der Waals surface area contributed by atoms with Crippen molar-refractivity contribution in [1.82, 2.24) is 0 Å². The van der Waals surface area contributed by atoms with Crippen molar-refractivity contribution in [3.8, 4) is 11.8 Å². The minimum atomic E-state index is -0.426. The zero-order chi connectivity index (χ0) is 16.7. The van der Waals surface area contributed by atoms with Gasteiger partial charge in [-0.3, -0.25) is 0 Å². The molecule has 2 rings (SSSR count). The van der Waals surface area contributed by atoms with Crippen LogP contribution in [-0.2, 0) is 12.8 Å². The van der Waals surface area contributed by atoms with E-state index in [0.717, 1.165) is 30.4 Å². The summed E-state index contributed by atoms with van der Waals surface area (Å²) >= 11 is 0. The molecule has 118 valence electrons. The predicted octanol–water partition coefficient (Wildman–Crippen LogP) is 4.68. The number of hydrogen-bond donors (Lipinski definition) is 0. The first kappa shape index (κ1) is 16.8. The highest BCUT2D eigenvalue weighted by atomic mass is 16.5. The van der Waals surface area contributed by atoms with Gasteiger partial charge in [0.15, 0.2) is 5.75 Å². The van der Waals surface area contributed by atoms with Gasteiger partial charge in [0, 0.05) is 0 Å². The summed E-state index contributed by atoms with van der Waals surface area (Å²) in [6.45, 7) is 4.10. The normalized spacial score (nSPS) is 10.1. The van der Waals surface area contributed by atoms with Crippen molar-refractivity contribution < 1.29 is 9.53 Å². The van der Waals surface area contributed by atoms with E-state index in [0.29, 0.717) is 23.3 Å². The van der Waals surface area contributed by atoms with E-state index >= 15 is 0 Å². The fourth-order valence-electron chi connectivity index (χ4n) is 2.49. The van der Waals surface area contributed by atoms with E-state index in [2.05, 4.69) is 13.0 Å². The lowest BCUT2D eigenvalue weighted by molar-refractivity contribution is 0.0732. The SMILES string of the molecule is CCCCc1ccc(CC)c(OC(=O)c2ccccc2)c1C#N. The number of carbonyl (C=O) groups is 1. The lowest BCUT2D eigenvalue weighted by Gasteiger charge is -2.14. The number of ether oxygens (including phenoxy) is 1. The van der Waals surface area contributed by atoms with E-state index in [1.165, 1.54) is 0 Å². The van der Waals surface area contributed by atoms with Crippen molar-refractivity contribution in [1.29, 1.82) is 5.26 Å². The second-order valence-corrected chi connectivity index (χ2v) is 5.41. The van der Waals surface area contributed by atoms with Crippen LogP contribution in [0.1, 0.15) is 53.7 Å². The maximum absolute atomic E-state index is 12.3. The Hall–Kier alpha value is -2.60. The van der Waals surface area contributed by atoms with Crippen LogP contribution in [0.2, 0.25) is 0 Å². The first-order valence-electron chi connectivity index (χ1n) is 8.03. The Balaban J connectivity index is 2.39. The molecule has 0 aromatic heterocycles. The molecule has 0 aliphatic heterocycles. The van der Waals surface area contributed by atoms with Gasteiger partial charge in [-0.2, -0.15) is 5.26 Å². The Kier molecular flexibility index (Phi) is 5.94. The molecule has 0 amide bonds. The molecular weight excluding hydrogens is 286 g/mol. The highest BCUT2D eigenvalue weighted by Gasteiger charge is 2.17. The van der Waals surface area contributed by atoms with Crippen LogP contribution in [0.5, 0.6) is 5.75 Å².